The van der Waals surface area contributed by atoms with Crippen LogP contribution in [-0.2, 0) is 11.2 Å². The highest BCUT2D eigenvalue weighted by Crippen LogP contribution is 2.25. The monoisotopic (exact) mass is 319 g/mol. The quantitative estimate of drug-likeness (QED) is 0.705. The minimum absolute atomic E-state index is 0.0845. The van der Waals surface area contributed by atoms with Crippen LogP contribution in [0.4, 0.5) is 0 Å². The Bertz CT molecular complexity index is 888. The first-order chi connectivity index (χ1) is 11.6. The number of aliphatic imine (C=N–C) groups is 1. The van der Waals surface area contributed by atoms with Crippen LogP contribution < -0.4 is 0 Å². The summed E-state index contributed by atoms with van der Waals surface area (Å²) in [5, 5.41) is 21.3. The summed E-state index contributed by atoms with van der Waals surface area (Å²) in [6.07, 6.45) is 1.76. The first-order valence-corrected chi connectivity index (χ1v) is 7.66. The number of rotatable bonds is 5. The van der Waals surface area contributed by atoms with Crippen molar-refractivity contribution in [2.45, 2.75) is 12.5 Å². The van der Waals surface area contributed by atoms with Gasteiger partial charge in [0, 0.05) is 18.2 Å². The van der Waals surface area contributed by atoms with E-state index >= 15 is 0 Å². The molecule has 24 heavy (non-hydrogen) atoms. The van der Waals surface area contributed by atoms with Gasteiger partial charge in [-0.2, -0.15) is 0 Å². The Kier molecular flexibility index (Phi) is 4.57. The number of carboxylic acid groups (broad SMARTS) is 1. The van der Waals surface area contributed by atoms with Gasteiger partial charge in [0.1, 0.15) is 5.75 Å². The van der Waals surface area contributed by atoms with E-state index in [1.54, 1.807) is 6.07 Å². The van der Waals surface area contributed by atoms with Gasteiger partial charge in [0.25, 0.3) is 0 Å². The van der Waals surface area contributed by atoms with Crippen molar-refractivity contribution in [3.05, 3.63) is 77.9 Å². The van der Waals surface area contributed by atoms with Gasteiger partial charge in [-0.3, -0.25) is 4.99 Å². The number of phenolic OH excluding ortho intramolecular Hbond substituents is 1. The summed E-state index contributed by atoms with van der Waals surface area (Å²) in [4.78, 5) is 15.7. The number of carbonyl (C=O) groups is 1. The summed E-state index contributed by atoms with van der Waals surface area (Å²) in [7, 11) is 0. The van der Waals surface area contributed by atoms with Gasteiger partial charge in [-0.25, -0.2) is 4.79 Å². The van der Waals surface area contributed by atoms with E-state index in [4.69, 9.17) is 0 Å². The minimum atomic E-state index is -0.991. The van der Waals surface area contributed by atoms with E-state index in [1.165, 1.54) is 6.21 Å². The molecule has 4 nitrogen and oxygen atoms in total. The van der Waals surface area contributed by atoms with Gasteiger partial charge < -0.3 is 10.2 Å². The number of carboxylic acids is 1. The molecule has 3 rings (SSSR count). The second-order valence-corrected chi connectivity index (χ2v) is 5.54. The molecule has 0 saturated heterocycles. The van der Waals surface area contributed by atoms with Crippen LogP contribution in [0.15, 0.2) is 71.7 Å². The number of benzene rings is 3. The topological polar surface area (TPSA) is 69.9 Å². The lowest BCUT2D eigenvalue weighted by Gasteiger charge is -2.09. The third kappa shape index (κ3) is 3.43. The SMILES string of the molecule is O=C(O)C(Cc1ccccc1)N=Cc1c(O)ccc2ccccc12. The molecule has 0 aliphatic rings. The predicted molar refractivity (Wildman–Crippen MR) is 94.8 cm³/mol. The van der Waals surface area contributed by atoms with E-state index in [9.17, 15) is 15.0 Å². The molecule has 0 amide bonds. The number of hydrogen-bond acceptors (Lipinski definition) is 3. The molecule has 1 unspecified atom stereocenters. The van der Waals surface area contributed by atoms with Crippen molar-refractivity contribution in [2.75, 3.05) is 0 Å². The highest BCUT2D eigenvalue weighted by Gasteiger charge is 2.16. The van der Waals surface area contributed by atoms with Gasteiger partial charge >= 0.3 is 5.97 Å². The van der Waals surface area contributed by atoms with E-state index in [-0.39, 0.29) is 5.75 Å². The average Bonchev–Trinajstić information content (AvgIpc) is 2.60. The highest BCUT2D eigenvalue weighted by molar-refractivity contribution is 6.02. The number of fused-ring (bicyclic) bond motifs is 1. The van der Waals surface area contributed by atoms with Crippen LogP contribution in [0.25, 0.3) is 10.8 Å². The van der Waals surface area contributed by atoms with Gasteiger partial charge in [0.05, 0.1) is 0 Å². The van der Waals surface area contributed by atoms with Gasteiger partial charge in [-0.05, 0) is 22.4 Å². The van der Waals surface area contributed by atoms with Crippen LogP contribution in [0.5, 0.6) is 5.75 Å². The third-order valence-electron chi connectivity index (χ3n) is 3.89. The number of nitrogens with zero attached hydrogens (tertiary/aromatic N) is 1. The second-order valence-electron chi connectivity index (χ2n) is 5.54. The van der Waals surface area contributed by atoms with Gasteiger partial charge in [-0.1, -0.05) is 60.7 Å². The van der Waals surface area contributed by atoms with Crippen molar-refractivity contribution in [1.29, 1.82) is 0 Å². The number of aliphatic carboxylic acids is 1. The van der Waals surface area contributed by atoms with Gasteiger partial charge in [0.2, 0.25) is 0 Å². The minimum Gasteiger partial charge on any atom is -0.507 e. The van der Waals surface area contributed by atoms with Crippen molar-refractivity contribution in [2.24, 2.45) is 4.99 Å². The zero-order valence-corrected chi connectivity index (χ0v) is 13.0. The molecule has 3 aromatic rings. The summed E-state index contributed by atoms with van der Waals surface area (Å²) in [5.41, 5.74) is 1.44. The number of aromatic hydroxyl groups is 1. The highest BCUT2D eigenvalue weighted by atomic mass is 16.4. The van der Waals surface area contributed by atoms with E-state index in [2.05, 4.69) is 4.99 Å². The largest absolute Gasteiger partial charge is 0.507 e. The van der Waals surface area contributed by atoms with Crippen LogP contribution in [0, 0.1) is 0 Å². The smallest absolute Gasteiger partial charge is 0.328 e. The van der Waals surface area contributed by atoms with Crippen LogP contribution in [-0.4, -0.2) is 28.4 Å². The zero-order chi connectivity index (χ0) is 16.9. The molecule has 0 heterocycles. The van der Waals surface area contributed by atoms with Gasteiger partial charge in [0.15, 0.2) is 6.04 Å². The maximum absolute atomic E-state index is 11.5. The Morgan fingerprint density at radius 1 is 1.00 bits per heavy atom. The van der Waals surface area contributed by atoms with Crippen molar-refractivity contribution in [1.82, 2.24) is 0 Å². The molecule has 4 heteroatoms. The van der Waals surface area contributed by atoms with Crippen LogP contribution >= 0.6 is 0 Å². The Labute approximate surface area is 139 Å². The molecule has 0 fully saturated rings. The molecule has 0 spiro atoms. The molecule has 0 aromatic heterocycles. The Balaban J connectivity index is 1.93. The Morgan fingerprint density at radius 3 is 2.46 bits per heavy atom. The molecule has 120 valence electrons. The predicted octanol–water partition coefficient (Wildman–Crippen LogP) is 3.66. The Morgan fingerprint density at radius 2 is 1.71 bits per heavy atom. The Hall–Kier alpha value is -3.14. The second kappa shape index (κ2) is 6.96. The van der Waals surface area contributed by atoms with Crippen molar-refractivity contribution in [3.8, 4) is 5.75 Å². The summed E-state index contributed by atoms with van der Waals surface area (Å²) in [5.74, 6) is -0.906. The maximum Gasteiger partial charge on any atom is 0.328 e. The van der Waals surface area contributed by atoms with Crippen LogP contribution in [0.3, 0.4) is 0 Å². The lowest BCUT2D eigenvalue weighted by Crippen LogP contribution is -2.20. The first kappa shape index (κ1) is 15.7. The van der Waals surface area contributed by atoms with E-state index in [0.29, 0.717) is 12.0 Å². The first-order valence-electron chi connectivity index (χ1n) is 7.66. The lowest BCUT2D eigenvalue weighted by atomic mass is 10.0. The van der Waals surface area contributed by atoms with Crippen molar-refractivity contribution >= 4 is 23.0 Å². The molecule has 0 aliphatic heterocycles. The fourth-order valence-corrected chi connectivity index (χ4v) is 2.63. The van der Waals surface area contributed by atoms with Crippen LogP contribution in [0.1, 0.15) is 11.1 Å². The molecule has 0 bridgehead atoms. The van der Waals surface area contributed by atoms with E-state index in [1.807, 2.05) is 60.7 Å². The zero-order valence-electron chi connectivity index (χ0n) is 13.0. The van der Waals surface area contributed by atoms with Crippen molar-refractivity contribution in [3.63, 3.8) is 0 Å². The molecular weight excluding hydrogens is 302 g/mol. The molecular formula is C20H17NO3. The molecule has 0 radical (unpaired) electrons. The molecule has 1 atom stereocenters. The number of phenols is 1. The normalized spacial score (nSPS) is 12.5. The van der Waals surface area contributed by atoms with Crippen molar-refractivity contribution < 1.29 is 15.0 Å². The summed E-state index contributed by atoms with van der Waals surface area (Å²) in [6, 6.07) is 19.5. The molecule has 3 aromatic carbocycles. The summed E-state index contributed by atoms with van der Waals surface area (Å²) >= 11 is 0. The third-order valence-corrected chi connectivity index (χ3v) is 3.89. The van der Waals surface area contributed by atoms with E-state index in [0.717, 1.165) is 16.3 Å². The number of hydrogen-bond donors (Lipinski definition) is 2. The standard InChI is InChI=1S/C20H17NO3/c22-19-11-10-15-8-4-5-9-16(15)17(19)13-21-18(20(23)24)12-14-6-2-1-3-7-14/h1-11,13,18,22H,12H2,(H,23,24). The fourth-order valence-electron chi connectivity index (χ4n) is 2.63. The summed E-state index contributed by atoms with van der Waals surface area (Å²) in [6.45, 7) is 0. The fraction of sp³-hybridized carbons (Fsp3) is 0.100. The molecule has 0 saturated carbocycles. The molecule has 2 N–H and O–H groups in total. The van der Waals surface area contributed by atoms with E-state index < -0.39 is 12.0 Å². The van der Waals surface area contributed by atoms with Crippen LogP contribution in [0.2, 0.25) is 0 Å². The average molecular weight is 319 g/mol. The maximum atomic E-state index is 11.5. The van der Waals surface area contributed by atoms with Gasteiger partial charge in [-0.15, -0.1) is 0 Å². The summed E-state index contributed by atoms with van der Waals surface area (Å²) < 4.78 is 0. The molecule has 0 aliphatic carbocycles. The lowest BCUT2D eigenvalue weighted by molar-refractivity contribution is -0.138.